The smallest absolute Gasteiger partial charge is 0.149 e. The van der Waals surface area contributed by atoms with Gasteiger partial charge in [0.05, 0.1) is 18.3 Å². The predicted molar refractivity (Wildman–Crippen MR) is 56.8 cm³/mol. The summed E-state index contributed by atoms with van der Waals surface area (Å²) in [5.74, 6) is 0.920. The molecule has 14 heavy (non-hydrogen) atoms. The van der Waals surface area contributed by atoms with Gasteiger partial charge in [0.15, 0.2) is 0 Å². The zero-order chi connectivity index (χ0) is 9.97. The van der Waals surface area contributed by atoms with Crippen molar-refractivity contribution in [3.05, 3.63) is 17.8 Å². The van der Waals surface area contributed by atoms with Crippen molar-refractivity contribution < 1.29 is 4.74 Å². The molecular formula is C10H15N3O. The number of methoxy groups -OCH3 is 1. The molecule has 2 heterocycles. The van der Waals surface area contributed by atoms with Crippen LogP contribution in [0.25, 0.3) is 0 Å². The predicted octanol–water partition coefficient (Wildman–Crippen LogP) is 1.24. The second-order valence-corrected chi connectivity index (χ2v) is 3.59. The highest BCUT2D eigenvalue weighted by atomic mass is 16.5. The third-order valence-electron chi connectivity index (χ3n) is 2.27. The Bertz CT molecular complexity index is 327. The molecular weight excluding hydrogens is 178 g/mol. The van der Waals surface area contributed by atoms with E-state index in [1.165, 1.54) is 5.56 Å². The van der Waals surface area contributed by atoms with E-state index < -0.39 is 0 Å². The van der Waals surface area contributed by atoms with Crippen LogP contribution >= 0.6 is 0 Å². The first-order valence-electron chi connectivity index (χ1n) is 4.75. The lowest BCUT2D eigenvalue weighted by Gasteiger charge is -2.26. The summed E-state index contributed by atoms with van der Waals surface area (Å²) in [5.41, 5.74) is 2.25. The average molecular weight is 193 g/mol. The number of fused-ring (bicyclic) bond motifs is 1. The zero-order valence-corrected chi connectivity index (χ0v) is 8.50. The summed E-state index contributed by atoms with van der Waals surface area (Å²) >= 11 is 0. The first kappa shape index (κ1) is 9.27. The number of anilines is 2. The molecule has 0 aromatic carbocycles. The van der Waals surface area contributed by atoms with Crippen molar-refractivity contribution >= 4 is 11.5 Å². The Morgan fingerprint density at radius 1 is 1.64 bits per heavy atom. The Morgan fingerprint density at radius 2 is 2.50 bits per heavy atom. The van der Waals surface area contributed by atoms with Gasteiger partial charge in [0.25, 0.3) is 0 Å². The summed E-state index contributed by atoms with van der Waals surface area (Å²) in [6.07, 6.45) is 1.86. The van der Waals surface area contributed by atoms with Crippen molar-refractivity contribution in [2.45, 2.75) is 13.0 Å². The lowest BCUT2D eigenvalue weighted by molar-refractivity contribution is 0.188. The molecule has 1 aromatic rings. The molecule has 0 aliphatic carbocycles. The monoisotopic (exact) mass is 193 g/mol. The van der Waals surface area contributed by atoms with Gasteiger partial charge in [-0.2, -0.15) is 0 Å². The van der Waals surface area contributed by atoms with E-state index in [1.807, 2.05) is 13.1 Å². The Hall–Kier alpha value is -1.29. The fourth-order valence-electron chi connectivity index (χ4n) is 1.60. The third-order valence-corrected chi connectivity index (χ3v) is 2.27. The van der Waals surface area contributed by atoms with Gasteiger partial charge >= 0.3 is 0 Å². The molecule has 1 aliphatic heterocycles. The van der Waals surface area contributed by atoms with Gasteiger partial charge < -0.3 is 15.4 Å². The van der Waals surface area contributed by atoms with Crippen LogP contribution in [0.15, 0.2) is 12.3 Å². The molecule has 2 N–H and O–H groups in total. The number of nitrogens with one attached hydrogen (secondary N) is 2. The van der Waals surface area contributed by atoms with E-state index in [1.54, 1.807) is 7.11 Å². The molecule has 0 radical (unpaired) electrons. The summed E-state index contributed by atoms with van der Waals surface area (Å²) in [4.78, 5) is 4.32. The topological polar surface area (TPSA) is 46.2 Å². The maximum atomic E-state index is 5.09. The summed E-state index contributed by atoms with van der Waals surface area (Å²) in [6, 6.07) is 2.40. The Labute approximate surface area is 83.7 Å². The number of aromatic nitrogens is 1. The van der Waals surface area contributed by atoms with Crippen LogP contribution in [0.1, 0.15) is 5.56 Å². The molecule has 4 heteroatoms. The standard InChI is InChI=1S/C10H15N3O/c1-7-3-9-10(12-4-7)13-8(5-11-9)6-14-2/h3-4,8,11H,5-6H2,1-2H3,(H,12,13). The van der Waals surface area contributed by atoms with Crippen LogP contribution in [0, 0.1) is 6.92 Å². The van der Waals surface area contributed by atoms with Gasteiger partial charge in [0, 0.05) is 19.9 Å². The number of nitrogens with zero attached hydrogens (tertiary/aromatic N) is 1. The van der Waals surface area contributed by atoms with E-state index in [0.29, 0.717) is 12.6 Å². The molecule has 1 unspecified atom stereocenters. The first-order chi connectivity index (χ1) is 6.79. The van der Waals surface area contributed by atoms with Crippen LogP contribution in [-0.2, 0) is 4.74 Å². The SMILES string of the molecule is COCC1CNc2cc(C)cnc2N1. The van der Waals surface area contributed by atoms with E-state index in [9.17, 15) is 0 Å². The van der Waals surface area contributed by atoms with Gasteiger partial charge in [-0.15, -0.1) is 0 Å². The minimum absolute atomic E-state index is 0.308. The second-order valence-electron chi connectivity index (χ2n) is 3.59. The molecule has 4 nitrogen and oxygen atoms in total. The fraction of sp³-hybridized carbons (Fsp3) is 0.500. The molecule has 1 atom stereocenters. The zero-order valence-electron chi connectivity index (χ0n) is 8.50. The minimum atomic E-state index is 0.308. The van der Waals surface area contributed by atoms with Gasteiger partial charge in [-0.05, 0) is 18.6 Å². The lowest BCUT2D eigenvalue weighted by atomic mass is 10.2. The lowest BCUT2D eigenvalue weighted by Crippen LogP contribution is -2.36. The van der Waals surface area contributed by atoms with Crippen molar-refractivity contribution in [1.82, 2.24) is 4.98 Å². The Kier molecular flexibility index (Phi) is 2.54. The summed E-state index contributed by atoms with van der Waals surface area (Å²) < 4.78 is 5.09. The molecule has 0 spiro atoms. The van der Waals surface area contributed by atoms with Crippen LogP contribution < -0.4 is 10.6 Å². The highest BCUT2D eigenvalue weighted by molar-refractivity contribution is 5.67. The quantitative estimate of drug-likeness (QED) is 0.742. The van der Waals surface area contributed by atoms with Crippen molar-refractivity contribution in [2.24, 2.45) is 0 Å². The summed E-state index contributed by atoms with van der Waals surface area (Å²) in [6.45, 7) is 3.62. The van der Waals surface area contributed by atoms with Crippen LogP contribution in [0.3, 0.4) is 0 Å². The summed E-state index contributed by atoms with van der Waals surface area (Å²) in [7, 11) is 1.71. The van der Waals surface area contributed by atoms with E-state index in [0.717, 1.165) is 18.1 Å². The maximum Gasteiger partial charge on any atom is 0.149 e. The molecule has 0 bridgehead atoms. The first-order valence-corrected chi connectivity index (χ1v) is 4.75. The van der Waals surface area contributed by atoms with Crippen molar-refractivity contribution in [2.75, 3.05) is 30.9 Å². The van der Waals surface area contributed by atoms with Gasteiger partial charge in [-0.1, -0.05) is 0 Å². The normalized spacial score (nSPS) is 19.4. The van der Waals surface area contributed by atoms with E-state index in [4.69, 9.17) is 4.74 Å². The Balaban J connectivity index is 2.15. The highest BCUT2D eigenvalue weighted by Gasteiger charge is 2.17. The molecule has 76 valence electrons. The molecule has 0 saturated carbocycles. The largest absolute Gasteiger partial charge is 0.382 e. The summed E-state index contributed by atoms with van der Waals surface area (Å²) in [5, 5.41) is 6.66. The molecule has 0 saturated heterocycles. The number of rotatable bonds is 2. The molecule has 1 aromatic heterocycles. The van der Waals surface area contributed by atoms with Crippen LogP contribution in [0.2, 0.25) is 0 Å². The van der Waals surface area contributed by atoms with Gasteiger partial charge in [0.1, 0.15) is 5.82 Å². The van der Waals surface area contributed by atoms with Crippen LogP contribution in [-0.4, -0.2) is 31.3 Å². The molecule has 0 amide bonds. The molecule has 1 aliphatic rings. The van der Waals surface area contributed by atoms with Crippen LogP contribution in [0.5, 0.6) is 0 Å². The number of ether oxygens (including phenoxy) is 1. The van der Waals surface area contributed by atoms with E-state index in [-0.39, 0.29) is 0 Å². The number of hydrogen-bond acceptors (Lipinski definition) is 4. The van der Waals surface area contributed by atoms with Crippen molar-refractivity contribution in [3.63, 3.8) is 0 Å². The number of pyridine rings is 1. The molecule has 2 rings (SSSR count). The van der Waals surface area contributed by atoms with E-state index in [2.05, 4.69) is 21.7 Å². The Morgan fingerprint density at radius 3 is 3.29 bits per heavy atom. The van der Waals surface area contributed by atoms with Crippen molar-refractivity contribution in [3.8, 4) is 0 Å². The fourth-order valence-corrected chi connectivity index (χ4v) is 1.60. The number of hydrogen-bond donors (Lipinski definition) is 2. The van der Waals surface area contributed by atoms with Gasteiger partial charge in [-0.3, -0.25) is 0 Å². The molecule has 0 fully saturated rings. The maximum absolute atomic E-state index is 5.09. The minimum Gasteiger partial charge on any atom is -0.382 e. The average Bonchev–Trinajstić information content (AvgIpc) is 2.19. The number of aryl methyl sites for hydroxylation is 1. The van der Waals surface area contributed by atoms with E-state index >= 15 is 0 Å². The highest BCUT2D eigenvalue weighted by Crippen LogP contribution is 2.23. The third kappa shape index (κ3) is 1.80. The van der Waals surface area contributed by atoms with Crippen molar-refractivity contribution in [1.29, 1.82) is 0 Å². The van der Waals surface area contributed by atoms with Gasteiger partial charge in [-0.25, -0.2) is 4.98 Å². The van der Waals surface area contributed by atoms with Crippen LogP contribution in [0.4, 0.5) is 11.5 Å². The second kappa shape index (κ2) is 3.84. The van der Waals surface area contributed by atoms with Gasteiger partial charge in [0.2, 0.25) is 0 Å².